The molecule has 0 unspecified atom stereocenters. The van der Waals surface area contributed by atoms with Crippen molar-refractivity contribution in [3.05, 3.63) is 93.2 Å². The molecule has 2 heterocycles. The monoisotopic (exact) mass is 447 g/mol. The fourth-order valence-corrected chi connectivity index (χ4v) is 4.71. The fourth-order valence-electron chi connectivity index (χ4n) is 3.79. The molecule has 4 rings (SSSR count). The number of hydrogen-bond donors (Lipinski definition) is 0. The quantitative estimate of drug-likeness (QED) is 0.354. The number of fused-ring (bicyclic) bond motifs is 1. The number of hydrogen-bond acceptors (Lipinski definition) is 5. The van der Waals surface area contributed by atoms with E-state index in [4.69, 9.17) is 9.72 Å². The van der Waals surface area contributed by atoms with Crippen LogP contribution in [-0.2, 0) is 17.8 Å². The first-order valence-corrected chi connectivity index (χ1v) is 11.8. The first kappa shape index (κ1) is 22.4. The topological polar surface area (TPSA) is 46.8 Å². The first-order valence-electron chi connectivity index (χ1n) is 10.9. The van der Waals surface area contributed by atoms with E-state index in [1.807, 2.05) is 35.7 Å². The summed E-state index contributed by atoms with van der Waals surface area (Å²) in [4.78, 5) is 20.8. The lowest BCUT2D eigenvalue weighted by Gasteiger charge is -2.22. The molecular formula is C26H29N3O2S. The van der Waals surface area contributed by atoms with Gasteiger partial charge in [-0.15, -0.1) is 11.3 Å². The largest absolute Gasteiger partial charge is 0.383 e. The van der Waals surface area contributed by atoms with E-state index in [-0.39, 0.29) is 5.56 Å². The second-order valence-electron chi connectivity index (χ2n) is 8.29. The predicted molar refractivity (Wildman–Crippen MR) is 131 cm³/mol. The summed E-state index contributed by atoms with van der Waals surface area (Å²) in [5, 5.41) is 2.00. The second-order valence-corrected chi connectivity index (χ2v) is 9.13. The first-order chi connectivity index (χ1) is 15.5. The number of aromatic nitrogens is 2. The van der Waals surface area contributed by atoms with Gasteiger partial charge in [0, 0.05) is 38.2 Å². The van der Waals surface area contributed by atoms with Crippen LogP contribution >= 0.6 is 11.3 Å². The van der Waals surface area contributed by atoms with Crippen LogP contribution in [0.15, 0.2) is 70.8 Å². The van der Waals surface area contributed by atoms with Gasteiger partial charge in [0.25, 0.3) is 5.56 Å². The van der Waals surface area contributed by atoms with Crippen LogP contribution in [0.2, 0.25) is 0 Å². The summed E-state index contributed by atoms with van der Waals surface area (Å²) in [5.41, 5.74) is 5.22. The molecule has 0 aliphatic heterocycles. The van der Waals surface area contributed by atoms with Gasteiger partial charge < -0.3 is 4.74 Å². The number of nitrogens with zero attached hydrogens (tertiary/aromatic N) is 3. The van der Waals surface area contributed by atoms with Gasteiger partial charge in [-0.1, -0.05) is 68.4 Å². The van der Waals surface area contributed by atoms with Crippen molar-refractivity contribution in [1.82, 2.24) is 14.3 Å². The molecule has 0 saturated carbocycles. The van der Waals surface area contributed by atoms with Crippen LogP contribution in [-0.4, -0.2) is 34.5 Å². The summed E-state index contributed by atoms with van der Waals surface area (Å²) in [6, 6.07) is 20.4. The average molecular weight is 448 g/mol. The third-order valence-electron chi connectivity index (χ3n) is 5.58. The number of rotatable bonds is 9. The molecule has 0 aliphatic carbocycles. The zero-order chi connectivity index (χ0) is 22.5. The maximum absolute atomic E-state index is 13.0. The van der Waals surface area contributed by atoms with Gasteiger partial charge in [0.15, 0.2) is 4.96 Å². The summed E-state index contributed by atoms with van der Waals surface area (Å²) in [6.07, 6.45) is 0. The van der Waals surface area contributed by atoms with E-state index >= 15 is 0 Å². The van der Waals surface area contributed by atoms with Crippen molar-refractivity contribution in [3.63, 3.8) is 0 Å². The Morgan fingerprint density at radius 2 is 1.81 bits per heavy atom. The van der Waals surface area contributed by atoms with Crippen molar-refractivity contribution < 1.29 is 4.74 Å². The Bertz CT molecular complexity index is 1210. The number of ether oxygens (including phenoxy) is 1. The SMILES string of the molecule is COCCN(Cc1ccc(C(C)C)cc1)Cc1cc(=O)n2c(-c3ccccc3)csc2n1. The molecule has 0 spiro atoms. The molecule has 166 valence electrons. The molecule has 0 fully saturated rings. The van der Waals surface area contributed by atoms with Gasteiger partial charge in [-0.25, -0.2) is 4.98 Å². The van der Waals surface area contributed by atoms with Crippen molar-refractivity contribution in [3.8, 4) is 11.3 Å². The van der Waals surface area contributed by atoms with E-state index in [1.54, 1.807) is 17.6 Å². The lowest BCUT2D eigenvalue weighted by Crippen LogP contribution is -2.28. The third-order valence-corrected chi connectivity index (χ3v) is 6.40. The summed E-state index contributed by atoms with van der Waals surface area (Å²) >= 11 is 1.50. The molecule has 32 heavy (non-hydrogen) atoms. The molecule has 4 aromatic rings. The Balaban J connectivity index is 1.58. The Labute approximate surface area is 192 Å². The molecule has 0 radical (unpaired) electrons. The van der Waals surface area contributed by atoms with Gasteiger partial charge in [-0.3, -0.25) is 14.1 Å². The van der Waals surface area contributed by atoms with Crippen LogP contribution in [0.3, 0.4) is 0 Å². The zero-order valence-electron chi connectivity index (χ0n) is 18.8. The van der Waals surface area contributed by atoms with Crippen molar-refractivity contribution >= 4 is 16.3 Å². The van der Waals surface area contributed by atoms with Crippen LogP contribution in [0.1, 0.15) is 36.6 Å². The van der Waals surface area contributed by atoms with Crippen molar-refractivity contribution in [2.45, 2.75) is 32.9 Å². The van der Waals surface area contributed by atoms with Crippen LogP contribution in [0.25, 0.3) is 16.2 Å². The molecule has 0 saturated heterocycles. The van der Waals surface area contributed by atoms with Crippen molar-refractivity contribution in [1.29, 1.82) is 0 Å². The van der Waals surface area contributed by atoms with Crippen LogP contribution in [0, 0.1) is 0 Å². The Morgan fingerprint density at radius 1 is 1.06 bits per heavy atom. The average Bonchev–Trinajstić information content (AvgIpc) is 3.23. The number of benzene rings is 2. The van der Waals surface area contributed by atoms with Crippen molar-refractivity contribution in [2.24, 2.45) is 0 Å². The minimum Gasteiger partial charge on any atom is -0.383 e. The zero-order valence-corrected chi connectivity index (χ0v) is 19.6. The molecule has 6 heteroatoms. The van der Waals surface area contributed by atoms with Gasteiger partial charge in [-0.05, 0) is 22.6 Å². The van der Waals surface area contributed by atoms with E-state index in [1.165, 1.54) is 22.5 Å². The Hall–Kier alpha value is -2.80. The van der Waals surface area contributed by atoms with Gasteiger partial charge in [0.05, 0.1) is 18.0 Å². The fraction of sp³-hybridized carbons (Fsp3) is 0.308. The van der Waals surface area contributed by atoms with E-state index in [2.05, 4.69) is 43.0 Å². The third kappa shape index (κ3) is 5.15. The molecule has 0 aliphatic rings. The highest BCUT2D eigenvalue weighted by atomic mass is 32.1. The summed E-state index contributed by atoms with van der Waals surface area (Å²) in [7, 11) is 1.71. The molecule has 2 aromatic carbocycles. The standard InChI is InChI=1S/C26H29N3O2S/c1-19(2)21-11-9-20(10-12-21)16-28(13-14-31-3)17-23-15-25(30)29-24(18-32-26(29)27-23)22-7-5-4-6-8-22/h4-12,15,18-19H,13-14,16-17H2,1-3H3. The normalized spacial score (nSPS) is 11.7. The van der Waals surface area contributed by atoms with Crippen LogP contribution in [0.4, 0.5) is 0 Å². The van der Waals surface area contributed by atoms with Crippen molar-refractivity contribution in [2.75, 3.05) is 20.3 Å². The highest BCUT2D eigenvalue weighted by molar-refractivity contribution is 7.15. The lowest BCUT2D eigenvalue weighted by molar-refractivity contribution is 0.139. The summed E-state index contributed by atoms with van der Waals surface area (Å²) in [5.74, 6) is 0.518. The predicted octanol–water partition coefficient (Wildman–Crippen LogP) is 5.20. The molecule has 5 nitrogen and oxygen atoms in total. The highest BCUT2D eigenvalue weighted by Crippen LogP contribution is 2.24. The van der Waals surface area contributed by atoms with Gasteiger partial charge in [-0.2, -0.15) is 0 Å². The molecule has 0 atom stereocenters. The van der Waals surface area contributed by atoms with Crippen LogP contribution < -0.4 is 5.56 Å². The van der Waals surface area contributed by atoms with Crippen LogP contribution in [0.5, 0.6) is 0 Å². The minimum absolute atomic E-state index is 0.0434. The van der Waals surface area contributed by atoms with Gasteiger partial charge >= 0.3 is 0 Å². The van der Waals surface area contributed by atoms with E-state index in [9.17, 15) is 4.79 Å². The van der Waals surface area contributed by atoms with Gasteiger partial charge in [0.2, 0.25) is 0 Å². The maximum atomic E-state index is 13.0. The summed E-state index contributed by atoms with van der Waals surface area (Å²) in [6.45, 7) is 7.18. The Morgan fingerprint density at radius 3 is 2.50 bits per heavy atom. The molecule has 0 N–H and O–H groups in total. The number of methoxy groups -OCH3 is 1. The molecule has 0 amide bonds. The number of thiazole rings is 1. The highest BCUT2D eigenvalue weighted by Gasteiger charge is 2.14. The Kier molecular flexibility index (Phi) is 7.15. The smallest absolute Gasteiger partial charge is 0.259 e. The maximum Gasteiger partial charge on any atom is 0.259 e. The van der Waals surface area contributed by atoms with E-state index in [0.29, 0.717) is 19.1 Å². The van der Waals surface area contributed by atoms with E-state index < -0.39 is 0 Å². The molecule has 2 aromatic heterocycles. The minimum atomic E-state index is -0.0434. The van der Waals surface area contributed by atoms with Gasteiger partial charge in [0.1, 0.15) is 0 Å². The molecular weight excluding hydrogens is 418 g/mol. The second kappa shape index (κ2) is 10.2. The summed E-state index contributed by atoms with van der Waals surface area (Å²) < 4.78 is 7.02. The van der Waals surface area contributed by atoms with E-state index in [0.717, 1.165) is 35.0 Å². The molecule has 0 bridgehead atoms. The lowest BCUT2D eigenvalue weighted by atomic mass is 10.0.